The lowest BCUT2D eigenvalue weighted by atomic mass is 9.68. The summed E-state index contributed by atoms with van der Waals surface area (Å²) in [6.45, 7) is 3.19. The summed E-state index contributed by atoms with van der Waals surface area (Å²) in [7, 11) is 0. The molecule has 5 nitrogen and oxygen atoms in total. The monoisotopic (exact) mass is 410 g/mol. The molecular weight excluding hydrogens is 390 g/mol. The van der Waals surface area contributed by atoms with Crippen LogP contribution in [0, 0.1) is 18.2 Å². The molecule has 0 radical (unpaired) electrons. The molecule has 1 aliphatic rings. The molecule has 2 aromatic rings. The summed E-state index contributed by atoms with van der Waals surface area (Å²) in [4.78, 5) is 16.2. The van der Waals surface area contributed by atoms with Crippen LogP contribution in [0.5, 0.6) is 0 Å². The number of hydrogen-bond acceptors (Lipinski definition) is 3. The highest BCUT2D eigenvalue weighted by atomic mass is 35.5. The summed E-state index contributed by atoms with van der Waals surface area (Å²) < 4.78 is 13.2. The topological polar surface area (TPSA) is 66.0 Å². The molecule has 144 valence electrons. The summed E-state index contributed by atoms with van der Waals surface area (Å²) in [5.74, 6) is -0.521. The zero-order chi connectivity index (χ0) is 19.4. The lowest BCUT2D eigenvalue weighted by molar-refractivity contribution is 0.150. The van der Waals surface area contributed by atoms with E-state index < -0.39 is 5.82 Å². The van der Waals surface area contributed by atoms with Crippen molar-refractivity contribution in [2.75, 3.05) is 23.7 Å². The molecule has 27 heavy (non-hydrogen) atoms. The van der Waals surface area contributed by atoms with Crippen LogP contribution >= 0.6 is 23.2 Å². The predicted octanol–water partition coefficient (Wildman–Crippen LogP) is 5.24. The van der Waals surface area contributed by atoms with E-state index in [1.165, 1.54) is 18.2 Å². The quantitative estimate of drug-likeness (QED) is 0.609. The Morgan fingerprint density at radius 3 is 2.63 bits per heavy atom. The molecule has 2 amide bonds. The minimum atomic E-state index is -0.521. The molecule has 1 aromatic carbocycles. The molecule has 0 aliphatic heterocycles. The van der Waals surface area contributed by atoms with Gasteiger partial charge in [-0.2, -0.15) is 0 Å². The molecule has 8 heteroatoms. The van der Waals surface area contributed by atoms with Crippen LogP contribution in [0.15, 0.2) is 30.6 Å². The number of nitrogens with one attached hydrogen (secondary N) is 3. The standard InChI is InChI=1S/C19H21Cl2FN4O/c1-12-8-23-9-15(21)17(12)24-10-19(5-2-6-19)11-25-18(27)26-13-3-4-16(22)14(20)7-13/h3-4,7-9H,2,5-6,10-11H2,1H3,(H,23,24)(H2,25,26,27). The number of amides is 2. The first-order chi connectivity index (χ1) is 12.9. The van der Waals surface area contributed by atoms with Gasteiger partial charge >= 0.3 is 6.03 Å². The first-order valence-electron chi connectivity index (χ1n) is 8.72. The van der Waals surface area contributed by atoms with Gasteiger partial charge in [-0.25, -0.2) is 9.18 Å². The highest BCUT2D eigenvalue weighted by Crippen LogP contribution is 2.41. The lowest BCUT2D eigenvalue weighted by Crippen LogP contribution is -2.47. The van der Waals surface area contributed by atoms with Crippen LogP contribution < -0.4 is 16.0 Å². The molecule has 0 spiro atoms. The maximum Gasteiger partial charge on any atom is 0.319 e. The Hall–Kier alpha value is -2.05. The van der Waals surface area contributed by atoms with E-state index in [4.69, 9.17) is 23.2 Å². The molecule has 1 aromatic heterocycles. The molecule has 3 N–H and O–H groups in total. The van der Waals surface area contributed by atoms with Gasteiger partial charge in [0, 0.05) is 36.6 Å². The van der Waals surface area contributed by atoms with Crippen molar-refractivity contribution in [3.8, 4) is 0 Å². The van der Waals surface area contributed by atoms with E-state index in [9.17, 15) is 9.18 Å². The van der Waals surface area contributed by atoms with E-state index in [0.29, 0.717) is 23.8 Å². The highest BCUT2D eigenvalue weighted by molar-refractivity contribution is 6.33. The van der Waals surface area contributed by atoms with Crippen LogP contribution in [-0.4, -0.2) is 24.1 Å². The lowest BCUT2D eigenvalue weighted by Gasteiger charge is -2.42. The summed E-state index contributed by atoms with van der Waals surface area (Å²) in [5.41, 5.74) is 2.29. The maximum absolute atomic E-state index is 13.2. The van der Waals surface area contributed by atoms with Gasteiger partial charge in [-0.15, -0.1) is 0 Å². The van der Waals surface area contributed by atoms with Crippen molar-refractivity contribution in [3.05, 3.63) is 52.0 Å². The number of pyridine rings is 1. The molecule has 0 unspecified atom stereocenters. The highest BCUT2D eigenvalue weighted by Gasteiger charge is 2.37. The second-order valence-corrected chi connectivity index (χ2v) is 7.77. The number of anilines is 2. The number of aromatic nitrogens is 1. The third-order valence-electron chi connectivity index (χ3n) is 4.95. The van der Waals surface area contributed by atoms with E-state index in [-0.39, 0.29) is 16.5 Å². The molecule has 0 bridgehead atoms. The van der Waals surface area contributed by atoms with Crippen LogP contribution in [0.4, 0.5) is 20.6 Å². The zero-order valence-electron chi connectivity index (χ0n) is 14.9. The van der Waals surface area contributed by atoms with Crippen LogP contribution in [0.3, 0.4) is 0 Å². The SMILES string of the molecule is Cc1cncc(Cl)c1NCC1(CNC(=O)Nc2ccc(F)c(Cl)c2)CCC1. The number of aryl methyl sites for hydroxylation is 1. The number of hydrogen-bond donors (Lipinski definition) is 3. The number of rotatable bonds is 6. The van der Waals surface area contributed by atoms with Crippen molar-refractivity contribution < 1.29 is 9.18 Å². The molecule has 3 rings (SSSR count). The summed E-state index contributed by atoms with van der Waals surface area (Å²) >= 11 is 12.0. The van der Waals surface area contributed by atoms with Gasteiger partial charge < -0.3 is 16.0 Å². The van der Waals surface area contributed by atoms with E-state index in [2.05, 4.69) is 20.9 Å². The summed E-state index contributed by atoms with van der Waals surface area (Å²) in [5, 5.41) is 9.54. The molecule has 1 saturated carbocycles. The molecule has 1 aliphatic carbocycles. The number of carbonyl (C=O) groups excluding carboxylic acids is 1. The van der Waals surface area contributed by atoms with E-state index >= 15 is 0 Å². The molecule has 1 fully saturated rings. The minimum Gasteiger partial charge on any atom is -0.383 e. The Kier molecular flexibility index (Phi) is 6.07. The second-order valence-electron chi connectivity index (χ2n) is 6.96. The van der Waals surface area contributed by atoms with Gasteiger partial charge in [0.2, 0.25) is 0 Å². The fraction of sp³-hybridized carbons (Fsp3) is 0.368. The number of carbonyl (C=O) groups is 1. The third kappa shape index (κ3) is 4.82. The first kappa shape index (κ1) is 19.7. The van der Waals surface area contributed by atoms with Crippen molar-refractivity contribution in [3.63, 3.8) is 0 Å². The average molecular weight is 411 g/mol. The Balaban J connectivity index is 1.55. The van der Waals surface area contributed by atoms with E-state index in [1.54, 1.807) is 12.4 Å². The fourth-order valence-corrected chi connectivity index (χ4v) is 3.59. The van der Waals surface area contributed by atoms with Crippen molar-refractivity contribution in [2.24, 2.45) is 5.41 Å². The average Bonchev–Trinajstić information content (AvgIpc) is 2.59. The van der Waals surface area contributed by atoms with Crippen molar-refractivity contribution in [1.82, 2.24) is 10.3 Å². The number of urea groups is 1. The summed E-state index contributed by atoms with van der Waals surface area (Å²) in [6, 6.07) is 3.72. The van der Waals surface area contributed by atoms with Gasteiger partial charge in [0.05, 0.1) is 15.7 Å². The molecular formula is C19H21Cl2FN4O. The van der Waals surface area contributed by atoms with Gasteiger partial charge in [-0.3, -0.25) is 4.98 Å². The maximum atomic E-state index is 13.2. The van der Waals surface area contributed by atoms with Crippen LogP contribution in [0.1, 0.15) is 24.8 Å². The van der Waals surface area contributed by atoms with Gasteiger partial charge in [-0.1, -0.05) is 29.6 Å². The van der Waals surface area contributed by atoms with Gasteiger partial charge in [0.15, 0.2) is 0 Å². The van der Waals surface area contributed by atoms with Crippen LogP contribution in [0.25, 0.3) is 0 Å². The van der Waals surface area contributed by atoms with Crippen molar-refractivity contribution in [1.29, 1.82) is 0 Å². The number of nitrogens with zero attached hydrogens (tertiary/aromatic N) is 1. The van der Waals surface area contributed by atoms with E-state index in [1.807, 2.05) is 6.92 Å². The third-order valence-corrected chi connectivity index (χ3v) is 5.52. The minimum absolute atomic E-state index is 0.0170. The Morgan fingerprint density at radius 1 is 1.22 bits per heavy atom. The Bertz CT molecular complexity index is 822. The first-order valence-corrected chi connectivity index (χ1v) is 9.48. The van der Waals surface area contributed by atoms with Crippen molar-refractivity contribution in [2.45, 2.75) is 26.2 Å². The zero-order valence-corrected chi connectivity index (χ0v) is 16.4. The molecule has 0 atom stereocenters. The van der Waals surface area contributed by atoms with Gasteiger partial charge in [0.25, 0.3) is 0 Å². The van der Waals surface area contributed by atoms with Crippen LogP contribution in [0.2, 0.25) is 10.0 Å². The Labute approximate surface area is 167 Å². The second kappa shape index (κ2) is 8.31. The van der Waals surface area contributed by atoms with E-state index in [0.717, 1.165) is 30.5 Å². The smallest absolute Gasteiger partial charge is 0.319 e. The Morgan fingerprint density at radius 2 is 2.00 bits per heavy atom. The van der Waals surface area contributed by atoms with Gasteiger partial charge in [-0.05, 0) is 43.5 Å². The normalized spacial score (nSPS) is 15.0. The fourth-order valence-electron chi connectivity index (χ4n) is 3.14. The largest absolute Gasteiger partial charge is 0.383 e. The number of benzene rings is 1. The molecule has 0 saturated heterocycles. The predicted molar refractivity (Wildman–Crippen MR) is 107 cm³/mol. The molecule has 1 heterocycles. The van der Waals surface area contributed by atoms with Gasteiger partial charge in [0.1, 0.15) is 5.82 Å². The summed E-state index contributed by atoms with van der Waals surface area (Å²) in [6.07, 6.45) is 6.54. The van der Waals surface area contributed by atoms with Crippen LogP contribution in [-0.2, 0) is 0 Å². The number of halogens is 3. The van der Waals surface area contributed by atoms with Crippen molar-refractivity contribution >= 4 is 40.6 Å².